The first-order valence-electron chi connectivity index (χ1n) is 19.6. The van der Waals surface area contributed by atoms with E-state index in [2.05, 4.69) is 49.6 Å². The minimum Gasteiger partial charge on any atom is -0.458 e. The Morgan fingerprint density at radius 3 is 2.65 bits per heavy atom. The lowest BCUT2D eigenvalue weighted by molar-refractivity contribution is -0.201. The Morgan fingerprint density at radius 2 is 1.81 bits per heavy atom. The van der Waals surface area contributed by atoms with Gasteiger partial charge in [-0.2, -0.15) is 5.06 Å². The highest BCUT2D eigenvalue weighted by atomic mass is 16.8. The second kappa shape index (κ2) is 13.5. The van der Waals surface area contributed by atoms with Crippen molar-refractivity contribution in [2.24, 2.45) is 22.7 Å². The number of hydrogen-bond acceptors (Lipinski definition) is 10. The molecule has 54 heavy (non-hydrogen) atoms. The largest absolute Gasteiger partial charge is 0.458 e. The van der Waals surface area contributed by atoms with Crippen molar-refractivity contribution in [1.29, 1.82) is 0 Å². The molecule has 2 aromatic rings. The number of nitrogens with one attached hydrogen (secondary N) is 2. The topological polar surface area (TPSA) is 148 Å². The van der Waals surface area contributed by atoms with Gasteiger partial charge in [0.2, 0.25) is 5.91 Å². The second-order valence-corrected chi connectivity index (χ2v) is 17.3. The number of esters is 1. The number of ether oxygens (including phenoxy) is 4. The molecule has 288 valence electrons. The van der Waals surface area contributed by atoms with Gasteiger partial charge in [0.1, 0.15) is 36.6 Å². The van der Waals surface area contributed by atoms with Crippen LogP contribution in [0.25, 0.3) is 6.08 Å². The van der Waals surface area contributed by atoms with Crippen LogP contribution in [0.5, 0.6) is 0 Å². The van der Waals surface area contributed by atoms with Crippen molar-refractivity contribution in [2.45, 2.75) is 115 Å². The summed E-state index contributed by atoms with van der Waals surface area (Å²) in [7, 11) is 0. The smallest absolute Gasteiger partial charge is 0.327 e. The first-order chi connectivity index (χ1) is 26.0. The van der Waals surface area contributed by atoms with Crippen LogP contribution in [-0.4, -0.2) is 90.1 Å². The zero-order chi connectivity index (χ0) is 37.4. The van der Waals surface area contributed by atoms with Gasteiger partial charge in [-0.3, -0.25) is 19.2 Å². The van der Waals surface area contributed by atoms with Crippen LogP contribution >= 0.6 is 0 Å². The third-order valence-electron chi connectivity index (χ3n) is 13.6. The third kappa shape index (κ3) is 6.10. The molecule has 7 fully saturated rings. The van der Waals surface area contributed by atoms with Crippen molar-refractivity contribution in [3.8, 4) is 0 Å². The highest BCUT2D eigenvalue weighted by Gasteiger charge is 2.74. The third-order valence-corrected chi connectivity index (χ3v) is 13.6. The molecule has 0 spiro atoms. The van der Waals surface area contributed by atoms with Crippen molar-refractivity contribution in [1.82, 2.24) is 15.7 Å². The highest BCUT2D eigenvalue weighted by molar-refractivity contribution is 5.95. The van der Waals surface area contributed by atoms with Gasteiger partial charge in [0.25, 0.3) is 5.91 Å². The first-order valence-corrected chi connectivity index (χ1v) is 19.6. The number of hydroxylamine groups is 2. The number of benzene rings is 2. The zero-order valence-electron chi connectivity index (χ0n) is 31.3. The van der Waals surface area contributed by atoms with Crippen LogP contribution in [-0.2, 0) is 46.5 Å². The van der Waals surface area contributed by atoms with Gasteiger partial charge < -0.3 is 34.7 Å². The number of amides is 2. The summed E-state index contributed by atoms with van der Waals surface area (Å²) in [5.74, 6) is 0.0489. The molecule has 3 saturated carbocycles. The van der Waals surface area contributed by atoms with E-state index in [1.165, 1.54) is 18.4 Å². The van der Waals surface area contributed by atoms with Crippen LogP contribution in [0.15, 0.2) is 54.1 Å². The molecule has 12 heteroatoms. The van der Waals surface area contributed by atoms with Gasteiger partial charge in [0.05, 0.1) is 24.9 Å². The SMILES string of the molecule is CC1(C)CC2C(=Cc3cccc(CN4OC5C6OCOC6C6CC5(C(=O)NCc5cccc(C(=O)NCCO)c5)C4C(=O)O6)c3)CCC3OC3(C)CCC21. The molecule has 4 saturated heterocycles. The van der Waals surface area contributed by atoms with E-state index < -0.39 is 41.8 Å². The van der Waals surface area contributed by atoms with Crippen LogP contribution in [0.1, 0.15) is 86.3 Å². The van der Waals surface area contributed by atoms with Gasteiger partial charge in [0.15, 0.2) is 6.04 Å². The normalized spacial score (nSPS) is 38.1. The number of epoxide rings is 1. The molecule has 4 aliphatic heterocycles. The molecule has 12 nitrogen and oxygen atoms in total. The number of aliphatic hydroxyl groups excluding tert-OH is 1. The fourth-order valence-electron chi connectivity index (χ4n) is 10.7. The highest BCUT2D eigenvalue weighted by Crippen LogP contribution is 2.60. The number of carbonyl (C=O) groups is 3. The zero-order valence-corrected chi connectivity index (χ0v) is 31.3. The Morgan fingerprint density at radius 1 is 1.00 bits per heavy atom. The van der Waals surface area contributed by atoms with Crippen LogP contribution in [0.2, 0.25) is 0 Å². The molecular weight excluding hydrogens is 690 g/mol. The van der Waals surface area contributed by atoms with Crippen molar-refractivity contribution in [3.63, 3.8) is 0 Å². The molecule has 10 atom stereocenters. The number of rotatable bonds is 9. The van der Waals surface area contributed by atoms with Crippen molar-refractivity contribution in [3.05, 3.63) is 76.4 Å². The average Bonchev–Trinajstić information content (AvgIpc) is 3.43. The molecule has 4 heterocycles. The van der Waals surface area contributed by atoms with Crippen molar-refractivity contribution < 1.29 is 43.3 Å². The Balaban J connectivity index is 0.966. The Labute approximate surface area is 315 Å². The van der Waals surface area contributed by atoms with Gasteiger partial charge in [-0.25, -0.2) is 0 Å². The minimum absolute atomic E-state index is 0.0264. The monoisotopic (exact) mass is 741 g/mol. The van der Waals surface area contributed by atoms with Crippen LogP contribution < -0.4 is 10.6 Å². The fraction of sp³-hybridized carbons (Fsp3) is 0.595. The molecule has 3 aliphatic carbocycles. The minimum atomic E-state index is -1.28. The van der Waals surface area contributed by atoms with Crippen LogP contribution in [0.4, 0.5) is 0 Å². The quantitative estimate of drug-likeness (QED) is 0.254. The van der Waals surface area contributed by atoms with Gasteiger partial charge in [-0.15, -0.1) is 0 Å². The van der Waals surface area contributed by atoms with E-state index in [1.807, 2.05) is 18.2 Å². The summed E-state index contributed by atoms with van der Waals surface area (Å²) in [5.41, 5.74) is 3.77. The van der Waals surface area contributed by atoms with Crippen molar-refractivity contribution >= 4 is 23.9 Å². The number of allylic oxidation sites excluding steroid dienone is 1. The maximum atomic E-state index is 14.5. The fourth-order valence-corrected chi connectivity index (χ4v) is 10.7. The van der Waals surface area contributed by atoms with E-state index in [4.69, 9.17) is 28.9 Å². The number of hydrogen-bond donors (Lipinski definition) is 3. The van der Waals surface area contributed by atoms with Crippen LogP contribution in [0.3, 0.4) is 0 Å². The van der Waals surface area contributed by atoms with E-state index in [9.17, 15) is 14.4 Å². The lowest BCUT2D eigenvalue weighted by Crippen LogP contribution is -2.69. The summed E-state index contributed by atoms with van der Waals surface area (Å²) in [6, 6.07) is 14.3. The van der Waals surface area contributed by atoms with Gasteiger partial charge in [-0.05, 0) is 85.1 Å². The molecule has 9 rings (SSSR count). The summed E-state index contributed by atoms with van der Waals surface area (Å²) in [6.07, 6.45) is 5.99. The lowest BCUT2D eigenvalue weighted by atomic mass is 9.52. The molecule has 3 N–H and O–H groups in total. The summed E-state index contributed by atoms with van der Waals surface area (Å²) >= 11 is 0. The molecular formula is C42H51N3O9. The summed E-state index contributed by atoms with van der Waals surface area (Å²) < 4.78 is 24.1. The lowest BCUT2D eigenvalue weighted by Gasteiger charge is -2.53. The van der Waals surface area contributed by atoms with E-state index in [1.54, 1.807) is 23.3 Å². The summed E-state index contributed by atoms with van der Waals surface area (Å²) in [4.78, 5) is 47.6. The Bertz CT molecular complexity index is 1860. The number of nitrogens with zero attached hydrogens (tertiary/aromatic N) is 1. The Hall–Kier alpha value is -3.65. The molecule has 2 bridgehead atoms. The van der Waals surface area contributed by atoms with Gasteiger partial charge >= 0.3 is 5.97 Å². The average molecular weight is 742 g/mol. The van der Waals surface area contributed by atoms with Gasteiger partial charge in [-0.1, -0.05) is 61.9 Å². The Kier molecular flexibility index (Phi) is 9.02. The molecule has 2 amide bonds. The van der Waals surface area contributed by atoms with E-state index in [0.29, 0.717) is 34.5 Å². The standard InChI is InChI=1S/C42H51N3O9/c1-40(2)19-29-27(10-11-32-41(3,53-32)13-12-30(29)40)17-24-6-4-8-26(16-24)22-45-35-38(48)52-31-20-42(35,36(54-45)34-33(31)50-23-51-34)39(49)44-21-25-7-5-9-28(18-25)37(47)43-14-15-46/h4-9,16-18,29-36,46H,10-15,19-23H2,1-3H3,(H,43,47)(H,44,49). The maximum absolute atomic E-state index is 14.5. The number of carbonyl (C=O) groups excluding carboxylic acids is 3. The van der Waals surface area contributed by atoms with E-state index >= 15 is 0 Å². The summed E-state index contributed by atoms with van der Waals surface area (Å²) in [5, 5.41) is 16.4. The van der Waals surface area contributed by atoms with E-state index in [0.717, 1.165) is 30.4 Å². The molecule has 0 radical (unpaired) electrons. The van der Waals surface area contributed by atoms with Crippen LogP contribution in [0, 0.1) is 22.7 Å². The predicted molar refractivity (Wildman–Crippen MR) is 195 cm³/mol. The molecule has 0 aromatic heterocycles. The number of aliphatic hydroxyl groups is 1. The maximum Gasteiger partial charge on any atom is 0.327 e. The predicted octanol–water partition coefficient (Wildman–Crippen LogP) is 4.04. The molecule has 2 aromatic carbocycles. The number of fused-ring (bicyclic) bond motifs is 6. The van der Waals surface area contributed by atoms with E-state index in [-0.39, 0.29) is 56.9 Å². The second-order valence-electron chi connectivity index (χ2n) is 17.3. The van der Waals surface area contributed by atoms with Crippen molar-refractivity contribution in [2.75, 3.05) is 19.9 Å². The first kappa shape index (κ1) is 36.0. The molecule has 10 unspecified atom stereocenters. The molecule has 7 aliphatic rings. The van der Waals surface area contributed by atoms with Gasteiger partial charge in [0, 0.05) is 25.1 Å². The summed E-state index contributed by atoms with van der Waals surface area (Å²) in [6.45, 7) is 7.49.